The first-order chi connectivity index (χ1) is 18.1. The van der Waals surface area contributed by atoms with Crippen LogP contribution < -0.4 is 0 Å². The van der Waals surface area contributed by atoms with E-state index in [-0.39, 0.29) is 5.41 Å². The number of aromatic hydroxyl groups is 2. The Morgan fingerprint density at radius 1 is 0.568 bits per heavy atom. The first-order valence-corrected chi connectivity index (χ1v) is 15.7. The Kier molecular flexibility index (Phi) is 5.29. The quantitative estimate of drug-likeness (QED) is 0.422. The molecule has 2 N–H and O–H groups in total. The summed E-state index contributed by atoms with van der Waals surface area (Å²) in [7, 11) is 0. The number of phenols is 2. The van der Waals surface area contributed by atoms with Crippen LogP contribution in [0.3, 0.4) is 0 Å². The van der Waals surface area contributed by atoms with Gasteiger partial charge in [-0.15, -0.1) is 0 Å². The number of fused-ring (bicyclic) bond motifs is 10. The Balaban J connectivity index is 1.21. The Morgan fingerprint density at radius 2 is 1.03 bits per heavy atom. The highest BCUT2D eigenvalue weighted by Crippen LogP contribution is 2.66. The molecule has 2 aromatic carbocycles. The average Bonchev–Trinajstić information content (AvgIpc) is 3.71. The van der Waals surface area contributed by atoms with Crippen LogP contribution in [0.4, 0.5) is 0 Å². The van der Waals surface area contributed by atoms with Gasteiger partial charge in [0.25, 0.3) is 0 Å². The maximum absolute atomic E-state index is 10.7. The summed E-state index contributed by atoms with van der Waals surface area (Å²) in [5, 5.41) is 21.4. The predicted molar refractivity (Wildman–Crippen MR) is 147 cm³/mol. The van der Waals surface area contributed by atoms with Crippen molar-refractivity contribution in [3.05, 3.63) is 59.7 Å². The fourth-order valence-corrected chi connectivity index (χ4v) is 12.1. The first kappa shape index (κ1) is 23.0. The van der Waals surface area contributed by atoms with Gasteiger partial charge in [0, 0.05) is 5.41 Å². The van der Waals surface area contributed by atoms with Gasteiger partial charge in [0.05, 0.1) is 0 Å². The Morgan fingerprint density at radius 3 is 1.49 bits per heavy atom. The summed E-state index contributed by atoms with van der Waals surface area (Å²) in [5.74, 6) is 9.97. The van der Waals surface area contributed by atoms with E-state index in [4.69, 9.17) is 0 Å². The fourth-order valence-electron chi connectivity index (χ4n) is 12.1. The molecule has 0 heterocycles. The lowest BCUT2D eigenvalue weighted by molar-refractivity contribution is 0.127. The SMILES string of the molecule is Oc1cccc(C(CC2CC3CC2C2CCCC32)(CC2CC3CC2C2CCCC32)c2cccc(O)c2)c1. The van der Waals surface area contributed by atoms with Crippen molar-refractivity contribution in [3.8, 4) is 11.5 Å². The van der Waals surface area contributed by atoms with Gasteiger partial charge < -0.3 is 10.2 Å². The van der Waals surface area contributed by atoms with E-state index in [1.807, 2.05) is 12.1 Å². The van der Waals surface area contributed by atoms with Crippen LogP contribution in [0.15, 0.2) is 48.5 Å². The molecule has 0 aromatic heterocycles. The number of hydrogen-bond donors (Lipinski definition) is 2. The van der Waals surface area contributed by atoms with Crippen LogP contribution in [0, 0.1) is 59.2 Å². The second-order valence-corrected chi connectivity index (χ2v) is 14.4. The van der Waals surface area contributed by atoms with Crippen LogP contribution in [0.2, 0.25) is 0 Å². The molecule has 6 saturated carbocycles. The monoisotopic (exact) mass is 496 g/mol. The number of benzene rings is 2. The minimum Gasteiger partial charge on any atom is -0.508 e. The number of phenolic OH excluding ortho intramolecular Hbond substituents is 2. The van der Waals surface area contributed by atoms with Gasteiger partial charge in [-0.1, -0.05) is 37.1 Å². The zero-order valence-corrected chi connectivity index (χ0v) is 22.3. The van der Waals surface area contributed by atoms with Gasteiger partial charge in [0.1, 0.15) is 11.5 Å². The minimum atomic E-state index is -0.135. The van der Waals surface area contributed by atoms with Crippen LogP contribution in [0.1, 0.15) is 88.2 Å². The molecule has 10 unspecified atom stereocenters. The maximum atomic E-state index is 10.7. The lowest BCUT2D eigenvalue weighted by Gasteiger charge is -2.45. The van der Waals surface area contributed by atoms with Crippen molar-refractivity contribution in [2.75, 3.05) is 0 Å². The molecule has 0 aliphatic heterocycles. The van der Waals surface area contributed by atoms with Gasteiger partial charge in [0.2, 0.25) is 0 Å². The van der Waals surface area contributed by atoms with Crippen molar-refractivity contribution in [2.24, 2.45) is 59.2 Å². The van der Waals surface area contributed by atoms with Crippen LogP contribution in [0.5, 0.6) is 11.5 Å². The maximum Gasteiger partial charge on any atom is 0.115 e. The van der Waals surface area contributed by atoms with Crippen molar-refractivity contribution in [1.29, 1.82) is 0 Å². The second kappa shape index (κ2) is 8.52. The Bertz CT molecular complexity index is 1080. The van der Waals surface area contributed by atoms with Gasteiger partial charge in [-0.25, -0.2) is 0 Å². The number of rotatable bonds is 6. The van der Waals surface area contributed by atoms with E-state index >= 15 is 0 Å². The summed E-state index contributed by atoms with van der Waals surface area (Å²) in [4.78, 5) is 0. The molecule has 2 nitrogen and oxygen atoms in total. The van der Waals surface area contributed by atoms with E-state index < -0.39 is 0 Å². The normalized spacial score (nSPS) is 41.4. The van der Waals surface area contributed by atoms with Gasteiger partial charge in [-0.2, -0.15) is 0 Å². The van der Waals surface area contributed by atoms with Crippen LogP contribution in [-0.2, 0) is 5.41 Å². The van der Waals surface area contributed by atoms with Crippen LogP contribution in [0.25, 0.3) is 0 Å². The molecule has 10 atom stereocenters. The lowest BCUT2D eigenvalue weighted by Crippen LogP contribution is -2.38. The Hall–Kier alpha value is -1.96. The molecule has 8 rings (SSSR count). The summed E-state index contributed by atoms with van der Waals surface area (Å²) < 4.78 is 0. The third-order valence-electron chi connectivity index (χ3n) is 13.2. The molecule has 2 heteroatoms. The predicted octanol–water partition coefficient (Wildman–Crippen LogP) is 8.31. The standard InChI is InChI=1S/C35H44O2/c36-27-7-1-5-25(17-27)35(26-6-2-8-28(37)18-26,19-23-13-21-15-33(23)31-11-3-9-29(21)31)20-24-14-22-16-34(24)32-12-4-10-30(22)32/h1-2,5-8,17-18,21-24,29-34,36-37H,3-4,9-16,19-20H2. The van der Waals surface area contributed by atoms with E-state index in [1.54, 1.807) is 0 Å². The van der Waals surface area contributed by atoms with Crippen LogP contribution in [-0.4, -0.2) is 10.2 Å². The molecule has 0 saturated heterocycles. The average molecular weight is 497 g/mol. The summed E-state index contributed by atoms with van der Waals surface area (Å²) >= 11 is 0. The largest absolute Gasteiger partial charge is 0.508 e. The third-order valence-corrected chi connectivity index (χ3v) is 13.2. The van der Waals surface area contributed by atoms with Gasteiger partial charge in [-0.3, -0.25) is 0 Å². The van der Waals surface area contributed by atoms with Crippen molar-refractivity contribution >= 4 is 0 Å². The summed E-state index contributed by atoms with van der Waals surface area (Å²) in [6, 6.07) is 16.5. The van der Waals surface area contributed by atoms with Crippen LogP contribution >= 0.6 is 0 Å². The Labute approximate surface area is 222 Å². The molecule has 0 radical (unpaired) electrons. The summed E-state index contributed by atoms with van der Waals surface area (Å²) in [6.07, 6.45) is 16.9. The third kappa shape index (κ3) is 3.49. The smallest absolute Gasteiger partial charge is 0.115 e. The van der Waals surface area contributed by atoms with Crippen molar-refractivity contribution in [2.45, 2.75) is 82.5 Å². The zero-order valence-electron chi connectivity index (χ0n) is 22.3. The summed E-state index contributed by atoms with van der Waals surface area (Å²) in [6.45, 7) is 0. The fraction of sp³-hybridized carbons (Fsp3) is 0.657. The molecular formula is C35H44O2. The highest BCUT2D eigenvalue weighted by Gasteiger charge is 2.58. The molecule has 2 aromatic rings. The molecule has 6 fully saturated rings. The molecule has 37 heavy (non-hydrogen) atoms. The molecule has 6 aliphatic rings. The highest BCUT2D eigenvalue weighted by molar-refractivity contribution is 5.45. The van der Waals surface area contributed by atoms with Gasteiger partial charge in [0.15, 0.2) is 0 Å². The topological polar surface area (TPSA) is 40.5 Å². The van der Waals surface area contributed by atoms with E-state index in [1.165, 1.54) is 88.2 Å². The molecule has 4 bridgehead atoms. The van der Waals surface area contributed by atoms with Crippen molar-refractivity contribution in [1.82, 2.24) is 0 Å². The highest BCUT2D eigenvalue weighted by atomic mass is 16.3. The minimum absolute atomic E-state index is 0.135. The molecule has 6 aliphatic carbocycles. The van der Waals surface area contributed by atoms with E-state index in [0.717, 1.165) is 59.2 Å². The van der Waals surface area contributed by atoms with E-state index in [2.05, 4.69) is 36.4 Å². The lowest BCUT2D eigenvalue weighted by atomic mass is 9.59. The summed E-state index contributed by atoms with van der Waals surface area (Å²) in [5.41, 5.74) is 2.44. The molecule has 0 spiro atoms. The first-order valence-electron chi connectivity index (χ1n) is 15.7. The van der Waals surface area contributed by atoms with Gasteiger partial charge in [-0.05, 0) is 159 Å². The van der Waals surface area contributed by atoms with E-state index in [9.17, 15) is 10.2 Å². The molecule has 0 amide bonds. The van der Waals surface area contributed by atoms with Crippen molar-refractivity contribution in [3.63, 3.8) is 0 Å². The number of hydrogen-bond acceptors (Lipinski definition) is 2. The van der Waals surface area contributed by atoms with E-state index in [0.29, 0.717) is 11.5 Å². The molecule has 196 valence electrons. The van der Waals surface area contributed by atoms with Gasteiger partial charge >= 0.3 is 0 Å². The molecular weight excluding hydrogens is 452 g/mol. The second-order valence-electron chi connectivity index (χ2n) is 14.4. The zero-order chi connectivity index (χ0) is 24.7. The van der Waals surface area contributed by atoms with Crippen molar-refractivity contribution < 1.29 is 10.2 Å².